The predicted octanol–water partition coefficient (Wildman–Crippen LogP) is 1.45. The lowest BCUT2D eigenvalue weighted by Crippen LogP contribution is -2.54. The zero-order valence-corrected chi connectivity index (χ0v) is 18.2. The van der Waals surface area contributed by atoms with Gasteiger partial charge in [0.2, 0.25) is 5.91 Å². The number of hydrogen-bond donors (Lipinski definition) is 2. The van der Waals surface area contributed by atoms with E-state index in [1.54, 1.807) is 6.92 Å². The van der Waals surface area contributed by atoms with Crippen molar-refractivity contribution in [2.75, 3.05) is 39.3 Å². The highest BCUT2D eigenvalue weighted by Crippen LogP contribution is 2.35. The summed E-state index contributed by atoms with van der Waals surface area (Å²) in [5.74, 6) is 0.114. The molecule has 0 spiro atoms. The van der Waals surface area contributed by atoms with Crippen LogP contribution >= 0.6 is 0 Å². The third-order valence-electron chi connectivity index (χ3n) is 7.40. The minimum Gasteiger partial charge on any atom is -0.348 e. The van der Waals surface area contributed by atoms with Crippen LogP contribution in [0.1, 0.15) is 43.1 Å². The summed E-state index contributed by atoms with van der Waals surface area (Å²) in [5, 5.41) is 11.3. The van der Waals surface area contributed by atoms with Gasteiger partial charge >= 0.3 is 0 Å². The van der Waals surface area contributed by atoms with Gasteiger partial charge in [0, 0.05) is 69.7 Å². The van der Waals surface area contributed by atoms with Crippen LogP contribution in [0.15, 0.2) is 24.3 Å². The van der Waals surface area contributed by atoms with Crippen LogP contribution in [0.4, 0.5) is 0 Å². The Hall–Kier alpha value is -2.45. The Labute approximate surface area is 182 Å². The van der Waals surface area contributed by atoms with Crippen LogP contribution in [0.25, 0.3) is 10.9 Å². The number of rotatable bonds is 5. The van der Waals surface area contributed by atoms with Crippen LogP contribution in [0.2, 0.25) is 0 Å². The summed E-state index contributed by atoms with van der Waals surface area (Å²) in [6.45, 7) is 7.44. The Bertz CT molecular complexity index is 936. The number of aromatic nitrogens is 2. The first kappa shape index (κ1) is 20.5. The maximum atomic E-state index is 12.9. The van der Waals surface area contributed by atoms with Crippen molar-refractivity contribution < 1.29 is 9.59 Å². The number of para-hydroxylation sites is 1. The molecule has 0 aliphatic carbocycles. The summed E-state index contributed by atoms with van der Waals surface area (Å²) in [4.78, 5) is 31.5. The first-order valence-corrected chi connectivity index (χ1v) is 11.6. The SMILES string of the molecule is CC(=O)N1CCN(CCN2[C@@H]3CC[C@H]2CC(NC(=O)c2n[nH]c4ccccc24)C3)CC1. The number of fused-ring (bicyclic) bond motifs is 3. The fourth-order valence-electron chi connectivity index (χ4n) is 5.69. The maximum Gasteiger partial charge on any atom is 0.272 e. The molecule has 1 aromatic carbocycles. The number of nitrogens with one attached hydrogen (secondary N) is 2. The van der Waals surface area contributed by atoms with E-state index in [9.17, 15) is 9.59 Å². The number of piperazine rings is 1. The highest BCUT2D eigenvalue weighted by atomic mass is 16.2. The van der Waals surface area contributed by atoms with Gasteiger partial charge in [-0.3, -0.25) is 24.5 Å². The second-order valence-corrected chi connectivity index (χ2v) is 9.23. The molecule has 2 aromatic rings. The van der Waals surface area contributed by atoms with Crippen LogP contribution in [-0.2, 0) is 4.79 Å². The van der Waals surface area contributed by atoms with Crippen LogP contribution in [0.5, 0.6) is 0 Å². The second-order valence-electron chi connectivity index (χ2n) is 9.23. The lowest BCUT2D eigenvalue weighted by Gasteiger charge is -2.41. The summed E-state index contributed by atoms with van der Waals surface area (Å²) in [6.07, 6.45) is 4.48. The fourth-order valence-corrected chi connectivity index (χ4v) is 5.69. The van der Waals surface area contributed by atoms with Crippen LogP contribution in [0, 0.1) is 0 Å². The zero-order chi connectivity index (χ0) is 21.4. The van der Waals surface area contributed by atoms with Gasteiger partial charge in [-0.05, 0) is 31.7 Å². The average Bonchev–Trinajstić information content (AvgIpc) is 3.31. The van der Waals surface area contributed by atoms with Crippen molar-refractivity contribution in [1.29, 1.82) is 0 Å². The quantitative estimate of drug-likeness (QED) is 0.759. The highest BCUT2D eigenvalue weighted by molar-refractivity contribution is 6.04. The van der Waals surface area contributed by atoms with E-state index < -0.39 is 0 Å². The molecule has 31 heavy (non-hydrogen) atoms. The lowest BCUT2D eigenvalue weighted by atomic mass is 9.97. The number of nitrogens with zero attached hydrogens (tertiary/aromatic N) is 4. The Kier molecular flexibility index (Phi) is 5.67. The van der Waals surface area contributed by atoms with Gasteiger partial charge in [0.1, 0.15) is 0 Å². The topological polar surface area (TPSA) is 84.6 Å². The molecule has 0 saturated carbocycles. The summed E-state index contributed by atoms with van der Waals surface area (Å²) in [7, 11) is 0. The minimum absolute atomic E-state index is 0.0707. The van der Waals surface area contributed by atoms with Crippen molar-refractivity contribution in [3.05, 3.63) is 30.0 Å². The molecule has 2 amide bonds. The number of aromatic amines is 1. The molecule has 4 heterocycles. The Morgan fingerprint density at radius 3 is 2.48 bits per heavy atom. The number of carbonyl (C=O) groups is 2. The standard InChI is InChI=1S/C23H32N6O2/c1-16(30)28-11-8-27(9-12-28)10-13-29-18-6-7-19(29)15-17(14-18)24-23(31)22-20-4-2-3-5-21(20)25-26-22/h2-5,17-19H,6-15H2,1H3,(H,24,31)(H,25,26)/t17?,18-,19+. The predicted molar refractivity (Wildman–Crippen MR) is 119 cm³/mol. The molecule has 0 radical (unpaired) electrons. The molecule has 3 fully saturated rings. The fraction of sp³-hybridized carbons (Fsp3) is 0.609. The molecule has 8 nitrogen and oxygen atoms in total. The van der Waals surface area contributed by atoms with Crippen molar-refractivity contribution in [1.82, 2.24) is 30.2 Å². The van der Waals surface area contributed by atoms with Crippen LogP contribution in [-0.4, -0.2) is 94.1 Å². The molecule has 8 heteroatoms. The van der Waals surface area contributed by atoms with Gasteiger partial charge < -0.3 is 10.2 Å². The molecule has 2 bridgehead atoms. The minimum atomic E-state index is -0.0707. The average molecular weight is 425 g/mol. The third kappa shape index (κ3) is 4.19. The molecule has 3 saturated heterocycles. The molecule has 166 valence electrons. The smallest absolute Gasteiger partial charge is 0.272 e. The lowest BCUT2D eigenvalue weighted by molar-refractivity contribution is -0.130. The Morgan fingerprint density at radius 2 is 1.77 bits per heavy atom. The van der Waals surface area contributed by atoms with Gasteiger partial charge in [0.25, 0.3) is 5.91 Å². The van der Waals surface area contributed by atoms with Gasteiger partial charge in [-0.15, -0.1) is 0 Å². The number of amides is 2. The van der Waals surface area contributed by atoms with E-state index in [1.165, 1.54) is 12.8 Å². The van der Waals surface area contributed by atoms with Gasteiger partial charge in [-0.2, -0.15) is 5.10 Å². The van der Waals surface area contributed by atoms with Crippen molar-refractivity contribution in [3.8, 4) is 0 Å². The molecular weight excluding hydrogens is 392 g/mol. The number of H-pyrrole nitrogens is 1. The molecule has 1 unspecified atom stereocenters. The van der Waals surface area contributed by atoms with E-state index >= 15 is 0 Å². The van der Waals surface area contributed by atoms with E-state index in [0.29, 0.717) is 17.8 Å². The Morgan fingerprint density at radius 1 is 1.06 bits per heavy atom. The van der Waals surface area contributed by atoms with Gasteiger partial charge in [-0.25, -0.2) is 0 Å². The van der Waals surface area contributed by atoms with Gasteiger partial charge in [0.05, 0.1) is 5.52 Å². The third-order valence-corrected chi connectivity index (χ3v) is 7.40. The molecule has 3 atom stereocenters. The van der Waals surface area contributed by atoms with E-state index in [2.05, 4.69) is 25.3 Å². The maximum absolute atomic E-state index is 12.9. The first-order chi connectivity index (χ1) is 15.1. The normalized spacial score (nSPS) is 27.0. The Balaban J connectivity index is 1.13. The number of hydrogen-bond acceptors (Lipinski definition) is 5. The van der Waals surface area contributed by atoms with Crippen molar-refractivity contribution in [2.24, 2.45) is 0 Å². The highest BCUT2D eigenvalue weighted by Gasteiger charge is 2.41. The molecular formula is C23H32N6O2. The zero-order valence-electron chi connectivity index (χ0n) is 18.2. The first-order valence-electron chi connectivity index (χ1n) is 11.6. The van der Waals surface area contributed by atoms with E-state index in [1.807, 2.05) is 29.2 Å². The van der Waals surface area contributed by atoms with E-state index in [4.69, 9.17) is 0 Å². The molecule has 3 aliphatic heterocycles. The van der Waals surface area contributed by atoms with Gasteiger partial charge in [-0.1, -0.05) is 18.2 Å². The van der Waals surface area contributed by atoms with Crippen molar-refractivity contribution in [3.63, 3.8) is 0 Å². The summed E-state index contributed by atoms with van der Waals surface area (Å²) in [6, 6.07) is 9.09. The summed E-state index contributed by atoms with van der Waals surface area (Å²) >= 11 is 0. The van der Waals surface area contributed by atoms with E-state index in [-0.39, 0.29) is 17.9 Å². The largest absolute Gasteiger partial charge is 0.348 e. The molecule has 5 rings (SSSR count). The monoisotopic (exact) mass is 424 g/mol. The number of benzene rings is 1. The molecule has 1 aromatic heterocycles. The molecule has 2 N–H and O–H groups in total. The van der Waals surface area contributed by atoms with Crippen LogP contribution < -0.4 is 5.32 Å². The number of carbonyl (C=O) groups excluding carboxylic acids is 2. The summed E-state index contributed by atoms with van der Waals surface area (Å²) in [5.41, 5.74) is 1.39. The van der Waals surface area contributed by atoms with Crippen LogP contribution in [0.3, 0.4) is 0 Å². The van der Waals surface area contributed by atoms with Crippen molar-refractivity contribution in [2.45, 2.75) is 50.7 Å². The van der Waals surface area contributed by atoms with E-state index in [0.717, 1.165) is 63.0 Å². The second kappa shape index (κ2) is 8.59. The molecule has 3 aliphatic rings. The summed E-state index contributed by atoms with van der Waals surface area (Å²) < 4.78 is 0. The van der Waals surface area contributed by atoms with Gasteiger partial charge in [0.15, 0.2) is 5.69 Å². The number of piperidine rings is 1. The van der Waals surface area contributed by atoms with Crippen molar-refractivity contribution >= 4 is 22.7 Å².